The molecule has 2 N–H and O–H groups in total. The molecule has 0 saturated carbocycles. The third kappa shape index (κ3) is 4.22. The Hall–Kier alpha value is -2.83. The molecule has 132 valence electrons. The van der Waals surface area contributed by atoms with Gasteiger partial charge in [0.05, 0.1) is 28.4 Å². The molecule has 6 nitrogen and oxygen atoms in total. The van der Waals surface area contributed by atoms with E-state index in [1.54, 1.807) is 54.7 Å². The zero-order chi connectivity index (χ0) is 18.5. The molecular weight excluding hydrogens is 375 g/mol. The number of rotatable bonds is 5. The molecule has 0 radical (unpaired) electrons. The third-order valence-corrected chi connectivity index (χ3v) is 4.23. The lowest BCUT2D eigenvalue weighted by molar-refractivity contribution is 0.0601. The number of ether oxygens (including phenoxy) is 1. The summed E-state index contributed by atoms with van der Waals surface area (Å²) in [7, 11) is 1.33. The Morgan fingerprint density at radius 3 is 2.69 bits per heavy atom. The van der Waals surface area contributed by atoms with Gasteiger partial charge in [-0.2, -0.15) is 4.98 Å². The maximum atomic E-state index is 11.6. The van der Waals surface area contributed by atoms with E-state index in [1.807, 2.05) is 0 Å². The molecule has 1 aromatic heterocycles. The second-order valence-electron chi connectivity index (χ2n) is 5.19. The zero-order valence-corrected chi connectivity index (χ0v) is 15.2. The minimum atomic E-state index is -0.416. The van der Waals surface area contributed by atoms with Gasteiger partial charge in [0.1, 0.15) is 5.82 Å². The van der Waals surface area contributed by atoms with Crippen molar-refractivity contribution in [2.75, 3.05) is 17.7 Å². The molecule has 2 aromatic carbocycles. The fraction of sp³-hybridized carbons (Fsp3) is 0.0556. The fourth-order valence-electron chi connectivity index (χ4n) is 2.20. The SMILES string of the molecule is COC(=O)c1cccc(Nc2nccc(Nc3cccc(Cl)c3Cl)n2)c1. The van der Waals surface area contributed by atoms with Crippen molar-refractivity contribution in [1.29, 1.82) is 0 Å². The van der Waals surface area contributed by atoms with E-state index in [2.05, 4.69) is 20.6 Å². The van der Waals surface area contributed by atoms with Crippen LogP contribution in [0.3, 0.4) is 0 Å². The summed E-state index contributed by atoms with van der Waals surface area (Å²) < 4.78 is 4.72. The van der Waals surface area contributed by atoms with Crippen molar-refractivity contribution >= 4 is 52.3 Å². The van der Waals surface area contributed by atoms with E-state index in [1.165, 1.54) is 7.11 Å². The van der Waals surface area contributed by atoms with Crippen LogP contribution in [-0.4, -0.2) is 23.0 Å². The highest BCUT2D eigenvalue weighted by molar-refractivity contribution is 6.43. The van der Waals surface area contributed by atoms with Crippen molar-refractivity contribution in [3.63, 3.8) is 0 Å². The largest absolute Gasteiger partial charge is 0.465 e. The van der Waals surface area contributed by atoms with Crippen LogP contribution in [0, 0.1) is 0 Å². The highest BCUT2D eigenvalue weighted by Gasteiger charge is 2.08. The minimum Gasteiger partial charge on any atom is -0.465 e. The molecule has 3 rings (SSSR count). The third-order valence-electron chi connectivity index (χ3n) is 3.41. The predicted octanol–water partition coefficient (Wildman–Crippen LogP) is 5.06. The molecule has 1 heterocycles. The van der Waals surface area contributed by atoms with Gasteiger partial charge in [-0.05, 0) is 36.4 Å². The number of halogens is 2. The van der Waals surface area contributed by atoms with E-state index in [4.69, 9.17) is 27.9 Å². The van der Waals surface area contributed by atoms with E-state index in [0.29, 0.717) is 38.7 Å². The molecule has 0 aliphatic heterocycles. The summed E-state index contributed by atoms with van der Waals surface area (Å²) in [6.07, 6.45) is 1.60. The molecule has 0 fully saturated rings. The second-order valence-corrected chi connectivity index (χ2v) is 5.97. The maximum absolute atomic E-state index is 11.6. The van der Waals surface area contributed by atoms with Crippen LogP contribution in [0.15, 0.2) is 54.7 Å². The fourth-order valence-corrected chi connectivity index (χ4v) is 2.55. The molecule has 3 aromatic rings. The Morgan fingerprint density at radius 1 is 1.08 bits per heavy atom. The van der Waals surface area contributed by atoms with Crippen LogP contribution < -0.4 is 10.6 Å². The summed E-state index contributed by atoms with van der Waals surface area (Å²) >= 11 is 12.2. The van der Waals surface area contributed by atoms with Gasteiger partial charge >= 0.3 is 5.97 Å². The van der Waals surface area contributed by atoms with Crippen LogP contribution in [0.5, 0.6) is 0 Å². The van der Waals surface area contributed by atoms with Gasteiger partial charge < -0.3 is 15.4 Å². The lowest BCUT2D eigenvalue weighted by Gasteiger charge is -2.10. The molecule has 0 aliphatic rings. The zero-order valence-electron chi connectivity index (χ0n) is 13.7. The highest BCUT2D eigenvalue weighted by atomic mass is 35.5. The van der Waals surface area contributed by atoms with Crippen molar-refractivity contribution in [3.8, 4) is 0 Å². The first kappa shape index (κ1) is 18.0. The number of carbonyl (C=O) groups is 1. The number of hydrogen-bond donors (Lipinski definition) is 2. The summed E-state index contributed by atoms with van der Waals surface area (Å²) in [6.45, 7) is 0. The first-order chi connectivity index (χ1) is 12.6. The lowest BCUT2D eigenvalue weighted by Crippen LogP contribution is -2.03. The standard InChI is InChI=1S/C18H14Cl2N4O2/c1-26-17(25)11-4-2-5-12(10-11)22-18-21-9-8-15(24-18)23-14-7-3-6-13(19)16(14)20/h2-10H,1H3,(H2,21,22,23,24). The Balaban J connectivity index is 1.80. The normalized spacial score (nSPS) is 10.3. The first-order valence-corrected chi connectivity index (χ1v) is 8.32. The van der Waals surface area contributed by atoms with Crippen molar-refractivity contribution < 1.29 is 9.53 Å². The molecular formula is C18H14Cl2N4O2. The Labute approximate surface area is 160 Å². The number of aromatic nitrogens is 2. The van der Waals surface area contributed by atoms with Gasteiger partial charge in [0.2, 0.25) is 5.95 Å². The van der Waals surface area contributed by atoms with Gasteiger partial charge in [0.15, 0.2) is 0 Å². The van der Waals surface area contributed by atoms with Crippen LogP contribution in [-0.2, 0) is 4.74 Å². The van der Waals surface area contributed by atoms with Gasteiger partial charge in [-0.1, -0.05) is 35.3 Å². The number of esters is 1. The molecule has 0 aliphatic carbocycles. The second kappa shape index (κ2) is 8.03. The summed E-state index contributed by atoms with van der Waals surface area (Å²) in [5, 5.41) is 7.00. The summed E-state index contributed by atoms with van der Waals surface area (Å²) in [5.41, 5.74) is 1.72. The van der Waals surface area contributed by atoms with Crippen molar-refractivity contribution in [2.45, 2.75) is 0 Å². The average molecular weight is 389 g/mol. The quantitative estimate of drug-likeness (QED) is 0.595. The van der Waals surface area contributed by atoms with Crippen LogP contribution in [0.4, 0.5) is 23.1 Å². The van der Waals surface area contributed by atoms with Crippen molar-refractivity contribution in [1.82, 2.24) is 9.97 Å². The molecule has 0 unspecified atom stereocenters. The number of nitrogens with zero attached hydrogens (tertiary/aromatic N) is 2. The van der Waals surface area contributed by atoms with Crippen LogP contribution in [0.2, 0.25) is 10.0 Å². The topological polar surface area (TPSA) is 76.1 Å². The van der Waals surface area contributed by atoms with Crippen LogP contribution in [0.1, 0.15) is 10.4 Å². The Kier molecular flexibility index (Phi) is 5.55. The summed E-state index contributed by atoms with van der Waals surface area (Å²) in [6, 6.07) is 13.8. The van der Waals surface area contributed by atoms with Gasteiger partial charge in [0.25, 0.3) is 0 Å². The van der Waals surface area contributed by atoms with Gasteiger partial charge in [-0.25, -0.2) is 9.78 Å². The molecule has 8 heteroatoms. The number of nitrogens with one attached hydrogen (secondary N) is 2. The summed E-state index contributed by atoms with van der Waals surface area (Å²) in [5.74, 6) is 0.478. The average Bonchev–Trinajstić information content (AvgIpc) is 2.65. The molecule has 0 amide bonds. The predicted molar refractivity (Wildman–Crippen MR) is 103 cm³/mol. The Morgan fingerprint density at radius 2 is 1.88 bits per heavy atom. The minimum absolute atomic E-state index is 0.357. The van der Waals surface area contributed by atoms with Crippen LogP contribution >= 0.6 is 23.2 Å². The highest BCUT2D eigenvalue weighted by Crippen LogP contribution is 2.31. The maximum Gasteiger partial charge on any atom is 0.337 e. The molecule has 0 spiro atoms. The molecule has 0 atom stereocenters. The van der Waals surface area contributed by atoms with E-state index in [0.717, 1.165) is 0 Å². The smallest absolute Gasteiger partial charge is 0.337 e. The summed E-state index contributed by atoms with van der Waals surface area (Å²) in [4.78, 5) is 20.2. The lowest BCUT2D eigenvalue weighted by atomic mass is 10.2. The van der Waals surface area contributed by atoms with E-state index < -0.39 is 5.97 Å². The molecule has 0 bridgehead atoms. The van der Waals surface area contributed by atoms with Gasteiger partial charge in [-0.15, -0.1) is 0 Å². The van der Waals surface area contributed by atoms with E-state index in [-0.39, 0.29) is 0 Å². The Bertz CT molecular complexity index is 950. The molecule has 26 heavy (non-hydrogen) atoms. The number of benzene rings is 2. The number of carbonyl (C=O) groups excluding carboxylic acids is 1. The number of methoxy groups -OCH3 is 1. The number of anilines is 4. The monoisotopic (exact) mass is 388 g/mol. The molecule has 0 saturated heterocycles. The van der Waals surface area contributed by atoms with Gasteiger partial charge in [0, 0.05) is 11.9 Å². The number of hydrogen-bond acceptors (Lipinski definition) is 6. The van der Waals surface area contributed by atoms with Crippen LogP contribution in [0.25, 0.3) is 0 Å². The van der Waals surface area contributed by atoms with E-state index >= 15 is 0 Å². The van der Waals surface area contributed by atoms with Gasteiger partial charge in [-0.3, -0.25) is 0 Å². The van der Waals surface area contributed by atoms with Crippen molar-refractivity contribution in [2.24, 2.45) is 0 Å². The van der Waals surface area contributed by atoms with E-state index in [9.17, 15) is 4.79 Å². The van der Waals surface area contributed by atoms with Crippen molar-refractivity contribution in [3.05, 3.63) is 70.3 Å². The first-order valence-electron chi connectivity index (χ1n) is 7.56.